The van der Waals surface area contributed by atoms with Crippen molar-refractivity contribution in [2.45, 2.75) is 26.3 Å². The largest absolute Gasteiger partial charge is 0.382 e. The Kier molecular flexibility index (Phi) is 3.84. The van der Waals surface area contributed by atoms with Gasteiger partial charge in [-0.05, 0) is 25.5 Å². The van der Waals surface area contributed by atoms with Crippen LogP contribution in [0.1, 0.15) is 20.3 Å². The molecule has 1 aromatic heterocycles. The van der Waals surface area contributed by atoms with Crippen molar-refractivity contribution in [3.05, 3.63) is 18.3 Å². The minimum atomic E-state index is 0.643. The van der Waals surface area contributed by atoms with Gasteiger partial charge in [-0.25, -0.2) is 4.98 Å². The summed E-state index contributed by atoms with van der Waals surface area (Å²) in [6.45, 7) is 8.86. The van der Waals surface area contributed by atoms with E-state index in [4.69, 9.17) is 5.73 Å². The first-order chi connectivity index (χ1) is 8.22. The van der Waals surface area contributed by atoms with Gasteiger partial charge in [-0.3, -0.25) is 4.90 Å². The number of pyridine rings is 1. The molecule has 1 atom stereocenters. The van der Waals surface area contributed by atoms with Crippen molar-refractivity contribution in [3.63, 3.8) is 0 Å². The lowest BCUT2D eigenvalue weighted by atomic mass is 10.2. The quantitative estimate of drug-likeness (QED) is 0.862. The fourth-order valence-corrected chi connectivity index (χ4v) is 2.34. The Morgan fingerprint density at radius 2 is 2.06 bits per heavy atom. The smallest absolute Gasteiger partial charge is 0.146 e. The minimum Gasteiger partial charge on any atom is -0.382 e. The van der Waals surface area contributed by atoms with Crippen LogP contribution < -0.4 is 10.6 Å². The maximum atomic E-state index is 5.91. The number of anilines is 2. The number of nitrogens with two attached hydrogens (primary N) is 1. The summed E-state index contributed by atoms with van der Waals surface area (Å²) >= 11 is 0. The zero-order valence-corrected chi connectivity index (χ0v) is 10.8. The molecule has 1 aliphatic rings. The second-order valence-corrected chi connectivity index (χ2v) is 4.69. The molecule has 2 N–H and O–H groups in total. The Morgan fingerprint density at radius 1 is 1.35 bits per heavy atom. The molecule has 1 saturated heterocycles. The Labute approximate surface area is 103 Å². The predicted octanol–water partition coefficient (Wildman–Crippen LogP) is 1.58. The fraction of sp³-hybridized carbons (Fsp3) is 0.615. The lowest BCUT2D eigenvalue weighted by Gasteiger charge is -2.39. The molecule has 2 rings (SSSR count). The van der Waals surface area contributed by atoms with Gasteiger partial charge in [-0.2, -0.15) is 0 Å². The number of nitrogen functional groups attached to an aromatic ring is 1. The average Bonchev–Trinajstić information content (AvgIpc) is 2.39. The molecule has 0 saturated carbocycles. The van der Waals surface area contributed by atoms with Crippen molar-refractivity contribution in [3.8, 4) is 0 Å². The van der Waals surface area contributed by atoms with E-state index in [1.165, 1.54) is 6.42 Å². The molecule has 17 heavy (non-hydrogen) atoms. The number of hydrogen-bond donors (Lipinski definition) is 1. The summed E-state index contributed by atoms with van der Waals surface area (Å²) in [5.74, 6) is 0.643. The van der Waals surface area contributed by atoms with Crippen LogP contribution in [-0.4, -0.2) is 42.1 Å². The Bertz CT molecular complexity index is 358. The highest BCUT2D eigenvalue weighted by atomic mass is 15.3. The van der Waals surface area contributed by atoms with Gasteiger partial charge in [-0.15, -0.1) is 0 Å². The van der Waals surface area contributed by atoms with Crippen LogP contribution in [0.3, 0.4) is 0 Å². The van der Waals surface area contributed by atoms with Crippen molar-refractivity contribution in [1.29, 1.82) is 0 Å². The zero-order valence-electron chi connectivity index (χ0n) is 10.8. The standard InChI is InChI=1S/C13H22N4/c1-3-11(2)16-7-9-17(10-8-16)12-5-4-6-15-13(12)14/h4-6,11H,3,7-10H2,1-2H3,(H2,14,15). The van der Waals surface area contributed by atoms with Crippen molar-refractivity contribution >= 4 is 11.5 Å². The first-order valence-corrected chi connectivity index (χ1v) is 6.42. The van der Waals surface area contributed by atoms with Gasteiger partial charge in [0, 0.05) is 38.4 Å². The van der Waals surface area contributed by atoms with Crippen LogP contribution in [0.15, 0.2) is 18.3 Å². The Hall–Kier alpha value is -1.29. The molecule has 0 spiro atoms. The molecule has 4 nitrogen and oxygen atoms in total. The second-order valence-electron chi connectivity index (χ2n) is 4.69. The monoisotopic (exact) mass is 234 g/mol. The van der Waals surface area contributed by atoms with E-state index in [1.54, 1.807) is 6.20 Å². The van der Waals surface area contributed by atoms with Crippen LogP contribution in [0.4, 0.5) is 11.5 Å². The summed E-state index contributed by atoms with van der Waals surface area (Å²) in [7, 11) is 0. The molecule has 1 unspecified atom stereocenters. The summed E-state index contributed by atoms with van der Waals surface area (Å²) in [4.78, 5) is 9.03. The minimum absolute atomic E-state index is 0.643. The van der Waals surface area contributed by atoms with E-state index in [-0.39, 0.29) is 0 Å². The first kappa shape index (κ1) is 12.2. The molecule has 0 radical (unpaired) electrons. The van der Waals surface area contributed by atoms with Crippen LogP contribution in [-0.2, 0) is 0 Å². The van der Waals surface area contributed by atoms with E-state index >= 15 is 0 Å². The van der Waals surface area contributed by atoms with Crippen molar-refractivity contribution < 1.29 is 0 Å². The summed E-state index contributed by atoms with van der Waals surface area (Å²) < 4.78 is 0. The molecule has 1 aromatic rings. The van der Waals surface area contributed by atoms with Gasteiger partial charge in [0.05, 0.1) is 5.69 Å². The number of hydrogen-bond acceptors (Lipinski definition) is 4. The van der Waals surface area contributed by atoms with Crippen molar-refractivity contribution in [2.24, 2.45) is 0 Å². The molecule has 1 fully saturated rings. The molecule has 4 heteroatoms. The summed E-state index contributed by atoms with van der Waals surface area (Å²) in [6, 6.07) is 4.69. The van der Waals surface area contributed by atoms with Gasteiger partial charge in [-0.1, -0.05) is 6.92 Å². The Balaban J connectivity index is 1.98. The Morgan fingerprint density at radius 3 is 2.65 bits per heavy atom. The van der Waals surface area contributed by atoms with E-state index in [2.05, 4.69) is 34.7 Å². The van der Waals surface area contributed by atoms with Crippen LogP contribution >= 0.6 is 0 Å². The number of piperazine rings is 1. The number of rotatable bonds is 3. The fourth-order valence-electron chi connectivity index (χ4n) is 2.34. The third kappa shape index (κ3) is 2.69. The molecule has 0 aliphatic carbocycles. The summed E-state index contributed by atoms with van der Waals surface area (Å²) in [5, 5.41) is 0. The lowest BCUT2D eigenvalue weighted by molar-refractivity contribution is 0.193. The van der Waals surface area contributed by atoms with Gasteiger partial charge in [0.1, 0.15) is 5.82 Å². The van der Waals surface area contributed by atoms with Crippen LogP contribution in [0.5, 0.6) is 0 Å². The third-order valence-corrected chi connectivity index (χ3v) is 3.69. The molecule has 0 bridgehead atoms. The highest BCUT2D eigenvalue weighted by molar-refractivity contribution is 5.63. The van der Waals surface area contributed by atoms with Gasteiger partial charge >= 0.3 is 0 Å². The normalized spacial score (nSPS) is 19.3. The SMILES string of the molecule is CCC(C)N1CCN(c2cccnc2N)CC1. The summed E-state index contributed by atoms with van der Waals surface area (Å²) in [5.41, 5.74) is 6.99. The maximum absolute atomic E-state index is 5.91. The molecule has 94 valence electrons. The van der Waals surface area contributed by atoms with Gasteiger partial charge in [0.2, 0.25) is 0 Å². The predicted molar refractivity (Wildman–Crippen MR) is 72.2 cm³/mol. The van der Waals surface area contributed by atoms with E-state index in [1.807, 2.05) is 6.07 Å². The first-order valence-electron chi connectivity index (χ1n) is 6.42. The van der Waals surface area contributed by atoms with E-state index in [0.717, 1.165) is 31.9 Å². The highest BCUT2D eigenvalue weighted by Gasteiger charge is 2.21. The van der Waals surface area contributed by atoms with Crippen LogP contribution in [0, 0.1) is 0 Å². The topological polar surface area (TPSA) is 45.4 Å². The lowest BCUT2D eigenvalue weighted by Crippen LogP contribution is -2.49. The van der Waals surface area contributed by atoms with Gasteiger partial charge in [0.25, 0.3) is 0 Å². The maximum Gasteiger partial charge on any atom is 0.146 e. The second kappa shape index (κ2) is 5.36. The number of nitrogens with zero attached hydrogens (tertiary/aromatic N) is 3. The van der Waals surface area contributed by atoms with E-state index in [0.29, 0.717) is 11.9 Å². The van der Waals surface area contributed by atoms with Gasteiger partial charge in [0.15, 0.2) is 0 Å². The molecular weight excluding hydrogens is 212 g/mol. The van der Waals surface area contributed by atoms with Gasteiger partial charge < -0.3 is 10.6 Å². The number of aromatic nitrogens is 1. The molecular formula is C13H22N4. The molecule has 2 heterocycles. The highest BCUT2D eigenvalue weighted by Crippen LogP contribution is 2.22. The van der Waals surface area contributed by atoms with Crippen molar-refractivity contribution in [1.82, 2.24) is 9.88 Å². The van der Waals surface area contributed by atoms with Crippen LogP contribution in [0.2, 0.25) is 0 Å². The summed E-state index contributed by atoms with van der Waals surface area (Å²) in [6.07, 6.45) is 2.96. The zero-order chi connectivity index (χ0) is 12.3. The molecule has 1 aliphatic heterocycles. The average molecular weight is 234 g/mol. The molecule has 0 amide bonds. The van der Waals surface area contributed by atoms with E-state index < -0.39 is 0 Å². The third-order valence-electron chi connectivity index (χ3n) is 3.69. The van der Waals surface area contributed by atoms with Crippen LogP contribution in [0.25, 0.3) is 0 Å². The van der Waals surface area contributed by atoms with Crippen molar-refractivity contribution in [2.75, 3.05) is 36.8 Å². The van der Waals surface area contributed by atoms with E-state index in [9.17, 15) is 0 Å². The molecule has 0 aromatic carbocycles.